The molecule has 0 unspecified atom stereocenters. The number of carbonyl (C=O) groups excluding carboxylic acids is 1. The van der Waals surface area contributed by atoms with Crippen LogP contribution in [0.3, 0.4) is 0 Å². The molecule has 0 aliphatic carbocycles. The highest BCUT2D eigenvalue weighted by Gasteiger charge is 2.21. The van der Waals surface area contributed by atoms with Gasteiger partial charge in [0.25, 0.3) is 0 Å². The summed E-state index contributed by atoms with van der Waals surface area (Å²) in [4.78, 5) is 21.1. The van der Waals surface area contributed by atoms with E-state index in [1.165, 1.54) is 5.56 Å². The predicted octanol–water partition coefficient (Wildman–Crippen LogP) is 1.38. The molecule has 2 aromatic rings. The fraction of sp³-hybridized carbons (Fsp3) is 0.474. The third-order valence-electron chi connectivity index (χ3n) is 4.64. The Morgan fingerprint density at radius 2 is 1.92 bits per heavy atom. The second kappa shape index (κ2) is 8.67. The molecule has 1 saturated heterocycles. The number of nitrogens with zero attached hydrogens (tertiary/aromatic N) is 4. The average Bonchev–Trinajstić information content (AvgIpc) is 3.12. The fourth-order valence-corrected chi connectivity index (χ4v) is 3.19. The molecule has 0 atom stereocenters. The van der Waals surface area contributed by atoms with E-state index in [0.29, 0.717) is 13.1 Å². The van der Waals surface area contributed by atoms with Gasteiger partial charge in [0.15, 0.2) is 0 Å². The summed E-state index contributed by atoms with van der Waals surface area (Å²) in [6.45, 7) is 7.83. The maximum atomic E-state index is 12.1. The van der Waals surface area contributed by atoms with Crippen LogP contribution in [0.1, 0.15) is 12.5 Å². The van der Waals surface area contributed by atoms with Crippen LogP contribution >= 0.6 is 0 Å². The van der Waals surface area contributed by atoms with E-state index >= 15 is 0 Å². The number of nitrogens with one attached hydrogen (secondary N) is 1. The van der Waals surface area contributed by atoms with Crippen molar-refractivity contribution in [2.45, 2.75) is 19.9 Å². The normalized spacial score (nSPS) is 15.3. The van der Waals surface area contributed by atoms with Crippen LogP contribution in [0.15, 0.2) is 42.7 Å². The van der Waals surface area contributed by atoms with E-state index in [0.717, 1.165) is 45.1 Å². The zero-order chi connectivity index (χ0) is 17.5. The van der Waals surface area contributed by atoms with Crippen molar-refractivity contribution in [1.29, 1.82) is 0 Å². The van der Waals surface area contributed by atoms with Crippen LogP contribution in [-0.4, -0.2) is 59.6 Å². The summed E-state index contributed by atoms with van der Waals surface area (Å²) in [6.07, 6.45) is 4.74. The van der Waals surface area contributed by atoms with E-state index in [1.807, 2.05) is 30.6 Å². The zero-order valence-electron chi connectivity index (χ0n) is 14.9. The minimum absolute atomic E-state index is 0.111. The van der Waals surface area contributed by atoms with Gasteiger partial charge in [-0.1, -0.05) is 30.3 Å². The SMILES string of the molecule is CCn1ccnc1N1CCN(CC(=O)NCCc2ccccc2)CC1. The minimum atomic E-state index is 0.111. The molecule has 1 aliphatic heterocycles. The van der Waals surface area contributed by atoms with Crippen molar-refractivity contribution in [2.24, 2.45) is 0 Å². The van der Waals surface area contributed by atoms with Crippen LogP contribution in [-0.2, 0) is 17.8 Å². The van der Waals surface area contributed by atoms with Gasteiger partial charge in [0.05, 0.1) is 6.54 Å². The molecule has 1 aromatic heterocycles. The van der Waals surface area contributed by atoms with Gasteiger partial charge in [0.2, 0.25) is 11.9 Å². The van der Waals surface area contributed by atoms with Crippen molar-refractivity contribution in [3.8, 4) is 0 Å². The van der Waals surface area contributed by atoms with E-state index < -0.39 is 0 Å². The maximum absolute atomic E-state index is 12.1. The van der Waals surface area contributed by atoms with E-state index in [-0.39, 0.29) is 5.91 Å². The molecule has 3 rings (SSSR count). The summed E-state index contributed by atoms with van der Waals surface area (Å²) in [5, 5.41) is 3.02. The van der Waals surface area contributed by atoms with E-state index in [4.69, 9.17) is 0 Å². The Hall–Kier alpha value is -2.34. The number of amides is 1. The molecule has 1 aromatic carbocycles. The summed E-state index contributed by atoms with van der Waals surface area (Å²) in [6, 6.07) is 10.2. The van der Waals surface area contributed by atoms with Crippen molar-refractivity contribution in [3.63, 3.8) is 0 Å². The van der Waals surface area contributed by atoms with Gasteiger partial charge < -0.3 is 14.8 Å². The van der Waals surface area contributed by atoms with Crippen LogP contribution in [0.25, 0.3) is 0 Å². The first kappa shape index (κ1) is 17.5. The van der Waals surface area contributed by atoms with Gasteiger partial charge in [-0.05, 0) is 18.9 Å². The number of rotatable bonds is 7. The lowest BCUT2D eigenvalue weighted by molar-refractivity contribution is -0.122. The summed E-state index contributed by atoms with van der Waals surface area (Å²) >= 11 is 0. The van der Waals surface area contributed by atoms with Crippen molar-refractivity contribution in [3.05, 3.63) is 48.3 Å². The second-order valence-corrected chi connectivity index (χ2v) is 6.36. The number of aromatic nitrogens is 2. The van der Waals surface area contributed by atoms with Crippen molar-refractivity contribution in [2.75, 3.05) is 44.2 Å². The number of piperazine rings is 1. The van der Waals surface area contributed by atoms with Crippen molar-refractivity contribution >= 4 is 11.9 Å². The number of anilines is 1. The molecule has 0 spiro atoms. The van der Waals surface area contributed by atoms with Crippen molar-refractivity contribution < 1.29 is 4.79 Å². The van der Waals surface area contributed by atoms with Gasteiger partial charge >= 0.3 is 0 Å². The first-order chi connectivity index (χ1) is 12.3. The smallest absolute Gasteiger partial charge is 0.234 e. The van der Waals surface area contributed by atoms with Crippen LogP contribution in [0, 0.1) is 0 Å². The summed E-state index contributed by atoms with van der Waals surface area (Å²) in [7, 11) is 0. The lowest BCUT2D eigenvalue weighted by Gasteiger charge is -2.35. The van der Waals surface area contributed by atoms with Crippen LogP contribution < -0.4 is 10.2 Å². The van der Waals surface area contributed by atoms with Gasteiger partial charge in [-0.2, -0.15) is 0 Å². The fourth-order valence-electron chi connectivity index (χ4n) is 3.19. The number of hydrogen-bond donors (Lipinski definition) is 1. The van der Waals surface area contributed by atoms with Gasteiger partial charge in [0, 0.05) is 51.7 Å². The molecule has 1 N–H and O–H groups in total. The Morgan fingerprint density at radius 3 is 2.64 bits per heavy atom. The average molecular weight is 341 g/mol. The van der Waals surface area contributed by atoms with Gasteiger partial charge in [-0.15, -0.1) is 0 Å². The summed E-state index contributed by atoms with van der Waals surface area (Å²) in [5.74, 6) is 1.15. The van der Waals surface area contributed by atoms with Crippen LogP contribution in [0.2, 0.25) is 0 Å². The number of imidazole rings is 1. The second-order valence-electron chi connectivity index (χ2n) is 6.36. The van der Waals surface area contributed by atoms with Crippen LogP contribution in [0.5, 0.6) is 0 Å². The van der Waals surface area contributed by atoms with E-state index in [2.05, 4.69) is 43.7 Å². The number of carbonyl (C=O) groups is 1. The van der Waals surface area contributed by atoms with Crippen molar-refractivity contribution in [1.82, 2.24) is 19.8 Å². The topological polar surface area (TPSA) is 53.4 Å². The highest BCUT2D eigenvalue weighted by molar-refractivity contribution is 5.78. The van der Waals surface area contributed by atoms with Crippen LogP contribution in [0.4, 0.5) is 5.95 Å². The lowest BCUT2D eigenvalue weighted by Crippen LogP contribution is -2.50. The van der Waals surface area contributed by atoms with E-state index in [9.17, 15) is 4.79 Å². The standard InChI is InChI=1S/C19H27N5O/c1-2-23-11-10-21-19(23)24-14-12-22(13-15-24)16-18(25)20-9-8-17-6-4-3-5-7-17/h3-7,10-11H,2,8-9,12-16H2,1H3,(H,20,25). The first-order valence-electron chi connectivity index (χ1n) is 9.05. The van der Waals surface area contributed by atoms with Gasteiger partial charge in [-0.25, -0.2) is 4.98 Å². The molecule has 1 aliphatic rings. The molecule has 0 bridgehead atoms. The molecule has 2 heterocycles. The molecule has 1 fully saturated rings. The zero-order valence-corrected chi connectivity index (χ0v) is 14.9. The van der Waals surface area contributed by atoms with Gasteiger partial charge in [-0.3, -0.25) is 9.69 Å². The Kier molecular flexibility index (Phi) is 6.06. The summed E-state index contributed by atoms with van der Waals surface area (Å²) in [5.41, 5.74) is 1.25. The number of benzene rings is 1. The molecule has 134 valence electrons. The minimum Gasteiger partial charge on any atom is -0.355 e. The maximum Gasteiger partial charge on any atom is 0.234 e. The first-order valence-corrected chi connectivity index (χ1v) is 9.05. The lowest BCUT2D eigenvalue weighted by atomic mass is 10.1. The molecule has 6 nitrogen and oxygen atoms in total. The third-order valence-corrected chi connectivity index (χ3v) is 4.64. The Bertz CT molecular complexity index is 661. The Labute approximate surface area is 149 Å². The highest BCUT2D eigenvalue weighted by Crippen LogP contribution is 2.14. The molecule has 0 radical (unpaired) electrons. The molecule has 1 amide bonds. The number of aryl methyl sites for hydroxylation is 1. The largest absolute Gasteiger partial charge is 0.355 e. The summed E-state index contributed by atoms with van der Waals surface area (Å²) < 4.78 is 2.16. The quantitative estimate of drug-likeness (QED) is 0.827. The third kappa shape index (κ3) is 4.82. The molecular weight excluding hydrogens is 314 g/mol. The number of hydrogen-bond acceptors (Lipinski definition) is 4. The Balaban J connectivity index is 1.38. The molecule has 25 heavy (non-hydrogen) atoms. The molecule has 6 heteroatoms. The van der Waals surface area contributed by atoms with Gasteiger partial charge in [0.1, 0.15) is 0 Å². The molecule has 0 saturated carbocycles. The predicted molar refractivity (Wildman–Crippen MR) is 99.7 cm³/mol. The Morgan fingerprint density at radius 1 is 1.16 bits per heavy atom. The monoisotopic (exact) mass is 341 g/mol. The molecular formula is C19H27N5O. The van der Waals surface area contributed by atoms with E-state index in [1.54, 1.807) is 0 Å². The highest BCUT2D eigenvalue weighted by atomic mass is 16.2.